The summed E-state index contributed by atoms with van der Waals surface area (Å²) >= 11 is 7.98. The van der Waals surface area contributed by atoms with Crippen LogP contribution >= 0.6 is 22.9 Å². The van der Waals surface area contributed by atoms with Gasteiger partial charge in [-0.05, 0) is 48.0 Å². The second-order valence-electron chi connectivity index (χ2n) is 5.60. The molecule has 0 saturated carbocycles. The zero-order chi connectivity index (χ0) is 15.5. The highest BCUT2D eigenvalue weighted by Gasteiger charge is 2.24. The quantitative estimate of drug-likeness (QED) is 0.897. The molecule has 2 heterocycles. The standard InChI is InChI=1S/C17H18ClNO2S/c18-15-4-2-1-3-13(15)14(17(20)21)5-8-19-9-6-16-12(11-19)7-10-22-16/h1-4,7,10,14H,5-6,8-9,11H2,(H,20,21). The predicted molar refractivity (Wildman–Crippen MR) is 89.7 cm³/mol. The van der Waals surface area contributed by atoms with Crippen LogP contribution in [0.4, 0.5) is 0 Å². The fourth-order valence-electron chi connectivity index (χ4n) is 2.98. The summed E-state index contributed by atoms with van der Waals surface area (Å²) in [7, 11) is 0. The predicted octanol–water partition coefficient (Wildman–Crippen LogP) is 4.02. The van der Waals surface area contributed by atoms with Gasteiger partial charge in [0, 0.05) is 23.0 Å². The second-order valence-corrected chi connectivity index (χ2v) is 7.00. The van der Waals surface area contributed by atoms with Crippen LogP contribution in [0, 0.1) is 0 Å². The fourth-order valence-corrected chi connectivity index (χ4v) is 4.14. The first-order valence-corrected chi connectivity index (χ1v) is 8.65. The molecular weight excluding hydrogens is 318 g/mol. The average Bonchev–Trinajstić information content (AvgIpc) is 2.96. The van der Waals surface area contributed by atoms with Crippen LogP contribution in [0.25, 0.3) is 0 Å². The minimum Gasteiger partial charge on any atom is -0.481 e. The lowest BCUT2D eigenvalue weighted by atomic mass is 9.95. The highest BCUT2D eigenvalue weighted by molar-refractivity contribution is 7.10. The highest BCUT2D eigenvalue weighted by atomic mass is 35.5. The van der Waals surface area contributed by atoms with Gasteiger partial charge in [0.25, 0.3) is 0 Å². The Morgan fingerprint density at radius 1 is 1.36 bits per heavy atom. The van der Waals surface area contributed by atoms with Crippen LogP contribution in [0.1, 0.15) is 28.3 Å². The molecule has 0 aliphatic carbocycles. The lowest BCUT2D eigenvalue weighted by Gasteiger charge is -2.28. The zero-order valence-corrected chi connectivity index (χ0v) is 13.7. The third-order valence-electron chi connectivity index (χ3n) is 4.20. The Kier molecular flexibility index (Phi) is 4.81. The van der Waals surface area contributed by atoms with Crippen LogP contribution < -0.4 is 0 Å². The Bertz CT molecular complexity index is 670. The van der Waals surface area contributed by atoms with Crippen LogP contribution in [-0.4, -0.2) is 29.1 Å². The molecule has 0 bridgehead atoms. The van der Waals surface area contributed by atoms with Crippen molar-refractivity contribution >= 4 is 28.9 Å². The summed E-state index contributed by atoms with van der Waals surface area (Å²) in [6, 6.07) is 9.41. The molecule has 1 aromatic carbocycles. The third-order valence-corrected chi connectivity index (χ3v) is 5.57. The Balaban J connectivity index is 1.66. The van der Waals surface area contributed by atoms with Gasteiger partial charge in [0.2, 0.25) is 0 Å². The summed E-state index contributed by atoms with van der Waals surface area (Å²) in [5, 5.41) is 12.2. The van der Waals surface area contributed by atoms with Crippen LogP contribution in [0.15, 0.2) is 35.7 Å². The largest absolute Gasteiger partial charge is 0.481 e. The van der Waals surface area contributed by atoms with Crippen molar-refractivity contribution < 1.29 is 9.90 Å². The smallest absolute Gasteiger partial charge is 0.311 e. The molecule has 1 unspecified atom stereocenters. The van der Waals surface area contributed by atoms with E-state index in [0.29, 0.717) is 17.0 Å². The molecule has 5 heteroatoms. The molecule has 0 amide bonds. The molecule has 2 aromatic rings. The summed E-state index contributed by atoms with van der Waals surface area (Å²) in [6.45, 7) is 2.70. The molecule has 1 aliphatic heterocycles. The number of rotatable bonds is 5. The monoisotopic (exact) mass is 335 g/mol. The molecule has 1 aromatic heterocycles. The second kappa shape index (κ2) is 6.82. The number of carboxylic acids is 1. The molecular formula is C17H18ClNO2S. The van der Waals surface area contributed by atoms with E-state index in [9.17, 15) is 9.90 Å². The first-order valence-electron chi connectivity index (χ1n) is 7.40. The molecule has 0 radical (unpaired) electrons. The summed E-state index contributed by atoms with van der Waals surface area (Å²) < 4.78 is 0. The summed E-state index contributed by atoms with van der Waals surface area (Å²) in [4.78, 5) is 15.4. The van der Waals surface area contributed by atoms with Gasteiger partial charge in [0.15, 0.2) is 0 Å². The van der Waals surface area contributed by atoms with E-state index < -0.39 is 11.9 Å². The van der Waals surface area contributed by atoms with E-state index in [1.54, 1.807) is 6.07 Å². The number of aliphatic carboxylic acids is 1. The van der Waals surface area contributed by atoms with Crippen molar-refractivity contribution in [3.05, 3.63) is 56.7 Å². The third kappa shape index (κ3) is 3.35. The van der Waals surface area contributed by atoms with Crippen molar-refractivity contribution in [2.75, 3.05) is 13.1 Å². The van der Waals surface area contributed by atoms with E-state index in [0.717, 1.165) is 26.1 Å². The molecule has 1 atom stereocenters. The van der Waals surface area contributed by atoms with E-state index in [1.807, 2.05) is 29.5 Å². The van der Waals surface area contributed by atoms with Crippen LogP contribution in [0.5, 0.6) is 0 Å². The van der Waals surface area contributed by atoms with Crippen molar-refractivity contribution in [1.82, 2.24) is 4.90 Å². The van der Waals surface area contributed by atoms with E-state index in [4.69, 9.17) is 11.6 Å². The van der Waals surface area contributed by atoms with Crippen LogP contribution in [0.2, 0.25) is 5.02 Å². The topological polar surface area (TPSA) is 40.5 Å². The van der Waals surface area contributed by atoms with Crippen molar-refractivity contribution in [2.24, 2.45) is 0 Å². The van der Waals surface area contributed by atoms with Crippen LogP contribution in [-0.2, 0) is 17.8 Å². The molecule has 1 aliphatic rings. The first kappa shape index (κ1) is 15.5. The zero-order valence-electron chi connectivity index (χ0n) is 12.2. The van der Waals surface area contributed by atoms with E-state index in [-0.39, 0.29) is 0 Å². The maximum atomic E-state index is 11.6. The van der Waals surface area contributed by atoms with Gasteiger partial charge in [0.1, 0.15) is 0 Å². The van der Waals surface area contributed by atoms with Gasteiger partial charge in [-0.2, -0.15) is 0 Å². The van der Waals surface area contributed by atoms with Gasteiger partial charge in [-0.15, -0.1) is 11.3 Å². The lowest BCUT2D eigenvalue weighted by molar-refractivity contribution is -0.139. The normalized spacial score (nSPS) is 16.2. The van der Waals surface area contributed by atoms with Crippen LogP contribution in [0.3, 0.4) is 0 Å². The van der Waals surface area contributed by atoms with Gasteiger partial charge in [-0.1, -0.05) is 29.8 Å². The number of hydrogen-bond acceptors (Lipinski definition) is 3. The van der Waals surface area contributed by atoms with Crippen molar-refractivity contribution in [3.63, 3.8) is 0 Å². The number of fused-ring (bicyclic) bond motifs is 1. The number of carbonyl (C=O) groups is 1. The van der Waals surface area contributed by atoms with E-state index in [2.05, 4.69) is 16.3 Å². The Hall–Kier alpha value is -1.36. The van der Waals surface area contributed by atoms with Crippen molar-refractivity contribution in [2.45, 2.75) is 25.3 Å². The van der Waals surface area contributed by atoms with Gasteiger partial charge < -0.3 is 5.11 Å². The first-order chi connectivity index (χ1) is 10.6. The highest BCUT2D eigenvalue weighted by Crippen LogP contribution is 2.29. The maximum Gasteiger partial charge on any atom is 0.311 e. The van der Waals surface area contributed by atoms with E-state index in [1.165, 1.54) is 10.4 Å². The SMILES string of the molecule is O=C(O)C(CCN1CCc2sccc2C1)c1ccccc1Cl. The molecule has 0 fully saturated rings. The van der Waals surface area contributed by atoms with Gasteiger partial charge in [0.05, 0.1) is 5.92 Å². The minimum atomic E-state index is -0.804. The molecule has 1 N–H and O–H groups in total. The van der Waals surface area contributed by atoms with E-state index >= 15 is 0 Å². The fraction of sp³-hybridized carbons (Fsp3) is 0.353. The molecule has 3 nitrogen and oxygen atoms in total. The Morgan fingerprint density at radius 3 is 2.95 bits per heavy atom. The molecule has 22 heavy (non-hydrogen) atoms. The lowest BCUT2D eigenvalue weighted by Crippen LogP contribution is -2.32. The van der Waals surface area contributed by atoms with Crippen molar-refractivity contribution in [1.29, 1.82) is 0 Å². The minimum absolute atomic E-state index is 0.536. The van der Waals surface area contributed by atoms with Crippen molar-refractivity contribution in [3.8, 4) is 0 Å². The number of thiophene rings is 1. The summed E-state index contributed by atoms with van der Waals surface area (Å²) in [6.07, 6.45) is 1.65. The van der Waals surface area contributed by atoms with Gasteiger partial charge in [-0.3, -0.25) is 9.69 Å². The molecule has 3 rings (SSSR count). The molecule has 116 valence electrons. The van der Waals surface area contributed by atoms with Gasteiger partial charge in [-0.25, -0.2) is 0 Å². The summed E-state index contributed by atoms with van der Waals surface area (Å²) in [5.41, 5.74) is 2.10. The summed E-state index contributed by atoms with van der Waals surface area (Å²) in [5.74, 6) is -1.35. The average molecular weight is 336 g/mol. The number of nitrogens with zero attached hydrogens (tertiary/aromatic N) is 1. The number of hydrogen-bond donors (Lipinski definition) is 1. The number of halogens is 1. The number of benzene rings is 1. The Morgan fingerprint density at radius 2 is 2.18 bits per heavy atom. The maximum absolute atomic E-state index is 11.6. The number of carboxylic acid groups (broad SMARTS) is 1. The van der Waals surface area contributed by atoms with Gasteiger partial charge >= 0.3 is 5.97 Å². The molecule has 0 saturated heterocycles. The Labute approximate surface area is 139 Å². The molecule has 0 spiro atoms.